The number of carbonyl (C=O) groups is 1. The van der Waals surface area contributed by atoms with E-state index in [9.17, 15) is 4.79 Å². The van der Waals surface area contributed by atoms with Crippen molar-refractivity contribution in [3.8, 4) is 11.5 Å². The zero-order chi connectivity index (χ0) is 27.5. The molecule has 0 aromatic heterocycles. The van der Waals surface area contributed by atoms with E-state index in [1.54, 1.807) is 0 Å². The Morgan fingerprint density at radius 1 is 0.850 bits per heavy atom. The number of para-hydroxylation sites is 1. The van der Waals surface area contributed by atoms with Gasteiger partial charge >= 0.3 is 5.97 Å². The highest BCUT2D eigenvalue weighted by Gasteiger charge is 2.55. The summed E-state index contributed by atoms with van der Waals surface area (Å²) < 4.78 is 13.0. The molecule has 0 amide bonds. The minimum Gasteiger partial charge on any atom is -0.456 e. The topological polar surface area (TPSA) is 59.6 Å². The van der Waals surface area contributed by atoms with Crippen LogP contribution in [0.2, 0.25) is 0 Å². The molecule has 5 nitrogen and oxygen atoms in total. The van der Waals surface area contributed by atoms with Crippen LogP contribution in [0.5, 0.6) is 11.5 Å². The number of esters is 1. The second kappa shape index (κ2) is 9.16. The summed E-state index contributed by atoms with van der Waals surface area (Å²) in [6, 6.07) is 28.3. The maximum absolute atomic E-state index is 13.4. The summed E-state index contributed by atoms with van der Waals surface area (Å²) in [5.41, 5.74) is 6.17. The van der Waals surface area contributed by atoms with E-state index < -0.39 is 5.60 Å². The Hall–Kier alpha value is -4.25. The molecule has 2 aliphatic heterocycles. The molecule has 3 unspecified atom stereocenters. The molecule has 2 heterocycles. The second-order valence-electron chi connectivity index (χ2n) is 11.4. The number of hydrogen-bond donors (Lipinski definition) is 2. The van der Waals surface area contributed by atoms with E-state index in [2.05, 4.69) is 55.7 Å². The first kappa shape index (κ1) is 24.8. The molecule has 3 atom stereocenters. The van der Waals surface area contributed by atoms with Gasteiger partial charge in [-0.25, -0.2) is 4.79 Å². The third-order valence-corrected chi connectivity index (χ3v) is 9.05. The van der Waals surface area contributed by atoms with Gasteiger partial charge in [-0.1, -0.05) is 67.1 Å². The van der Waals surface area contributed by atoms with Gasteiger partial charge in [-0.05, 0) is 75.4 Å². The molecule has 5 heteroatoms. The predicted molar refractivity (Wildman–Crippen MR) is 158 cm³/mol. The first-order valence-electron chi connectivity index (χ1n) is 14.3. The second-order valence-corrected chi connectivity index (χ2v) is 11.4. The van der Waals surface area contributed by atoms with Crippen LogP contribution in [0.3, 0.4) is 0 Å². The first-order chi connectivity index (χ1) is 19.4. The van der Waals surface area contributed by atoms with Crippen molar-refractivity contribution in [2.45, 2.75) is 57.7 Å². The molecule has 3 aliphatic rings. The maximum Gasteiger partial charge on any atom is 0.340 e. The van der Waals surface area contributed by atoms with Crippen LogP contribution in [-0.2, 0) is 10.3 Å². The number of fused-ring (bicyclic) bond motifs is 6. The highest BCUT2D eigenvalue weighted by molar-refractivity contribution is 5.97. The van der Waals surface area contributed by atoms with E-state index in [1.807, 2.05) is 60.7 Å². The lowest BCUT2D eigenvalue weighted by molar-refractivity contribution is 0.0226. The van der Waals surface area contributed by atoms with Crippen molar-refractivity contribution in [3.05, 3.63) is 118 Å². The van der Waals surface area contributed by atoms with Crippen molar-refractivity contribution >= 4 is 17.3 Å². The van der Waals surface area contributed by atoms with E-state index in [1.165, 1.54) is 11.1 Å². The number of rotatable bonds is 5. The Labute approximate surface area is 235 Å². The maximum atomic E-state index is 13.4. The molecule has 0 radical (unpaired) electrons. The van der Waals surface area contributed by atoms with Crippen molar-refractivity contribution in [3.63, 3.8) is 0 Å². The van der Waals surface area contributed by atoms with Crippen LogP contribution in [0, 0.1) is 19.8 Å². The van der Waals surface area contributed by atoms with Crippen LogP contribution in [-0.4, -0.2) is 11.6 Å². The summed E-state index contributed by atoms with van der Waals surface area (Å²) in [4.78, 5) is 13.4. The number of anilines is 2. The lowest BCUT2D eigenvalue weighted by atomic mass is 9.76. The number of ether oxygens (including phenoxy) is 2. The lowest BCUT2D eigenvalue weighted by Gasteiger charge is -2.43. The molecule has 2 N–H and O–H groups in total. The predicted octanol–water partition coefficient (Wildman–Crippen LogP) is 8.30. The van der Waals surface area contributed by atoms with Crippen LogP contribution in [0.15, 0.2) is 84.9 Å². The van der Waals surface area contributed by atoms with Crippen molar-refractivity contribution in [2.75, 3.05) is 10.6 Å². The minimum absolute atomic E-state index is 0.316. The van der Waals surface area contributed by atoms with Gasteiger partial charge in [-0.2, -0.15) is 0 Å². The van der Waals surface area contributed by atoms with Crippen LogP contribution >= 0.6 is 0 Å². The third kappa shape index (κ3) is 3.57. The van der Waals surface area contributed by atoms with Crippen LogP contribution in [0.1, 0.15) is 70.8 Å². The fraction of sp³-hybridized carbons (Fsp3) is 0.286. The fourth-order valence-electron chi connectivity index (χ4n) is 7.21. The normalized spacial score (nSPS) is 24.1. The molecule has 4 aromatic carbocycles. The SMILES string of the molecule is CCC1CCCC1(Nc1ccc(C)cc1C)Nc1cccc2c1C1(OC(=O)c3ccccc31)c1ccccc1O2. The van der Waals surface area contributed by atoms with Gasteiger partial charge in [0.15, 0.2) is 5.60 Å². The van der Waals surface area contributed by atoms with Gasteiger partial charge in [0, 0.05) is 28.4 Å². The monoisotopic (exact) mass is 530 g/mol. The number of benzene rings is 4. The van der Waals surface area contributed by atoms with E-state index in [0.29, 0.717) is 23.0 Å². The Kier molecular flexibility index (Phi) is 5.67. The molecule has 1 spiro atoms. The Bertz CT molecular complexity index is 1650. The lowest BCUT2D eigenvalue weighted by Crippen LogP contribution is -2.50. The van der Waals surface area contributed by atoms with E-state index >= 15 is 0 Å². The molecule has 1 saturated carbocycles. The van der Waals surface area contributed by atoms with E-state index in [-0.39, 0.29) is 11.6 Å². The Morgan fingerprint density at radius 2 is 1.60 bits per heavy atom. The van der Waals surface area contributed by atoms with Crippen molar-refractivity contribution in [2.24, 2.45) is 5.92 Å². The third-order valence-electron chi connectivity index (χ3n) is 9.05. The molecular formula is C35H34N2O3. The molecule has 0 saturated heterocycles. The van der Waals surface area contributed by atoms with Gasteiger partial charge in [0.1, 0.15) is 17.2 Å². The van der Waals surface area contributed by atoms with E-state index in [4.69, 9.17) is 9.47 Å². The summed E-state index contributed by atoms with van der Waals surface area (Å²) >= 11 is 0. The average molecular weight is 531 g/mol. The largest absolute Gasteiger partial charge is 0.456 e. The summed E-state index contributed by atoms with van der Waals surface area (Å²) in [5, 5.41) is 7.99. The van der Waals surface area contributed by atoms with Gasteiger partial charge in [-0.3, -0.25) is 0 Å². The smallest absolute Gasteiger partial charge is 0.340 e. The van der Waals surface area contributed by atoms with Gasteiger partial charge in [0.05, 0.1) is 11.1 Å². The molecule has 7 rings (SSSR count). The quantitative estimate of drug-likeness (QED) is 0.201. The van der Waals surface area contributed by atoms with Crippen molar-refractivity contribution in [1.29, 1.82) is 0 Å². The van der Waals surface area contributed by atoms with Gasteiger partial charge in [0.25, 0.3) is 0 Å². The van der Waals surface area contributed by atoms with Crippen molar-refractivity contribution < 1.29 is 14.3 Å². The van der Waals surface area contributed by atoms with Gasteiger partial charge < -0.3 is 20.1 Å². The summed E-state index contributed by atoms with van der Waals surface area (Å²) in [5.74, 6) is 1.49. The first-order valence-corrected chi connectivity index (χ1v) is 14.3. The summed E-state index contributed by atoms with van der Waals surface area (Å²) in [7, 11) is 0. The highest BCUT2D eigenvalue weighted by atomic mass is 16.6. The average Bonchev–Trinajstić information content (AvgIpc) is 3.49. The highest BCUT2D eigenvalue weighted by Crippen LogP contribution is 2.58. The summed E-state index contributed by atoms with van der Waals surface area (Å²) in [6.07, 6.45) is 4.28. The van der Waals surface area contributed by atoms with Crippen LogP contribution in [0.25, 0.3) is 0 Å². The Morgan fingerprint density at radius 3 is 2.42 bits per heavy atom. The van der Waals surface area contributed by atoms with Crippen LogP contribution < -0.4 is 15.4 Å². The minimum atomic E-state index is -1.11. The number of hydrogen-bond acceptors (Lipinski definition) is 5. The molecular weight excluding hydrogens is 496 g/mol. The van der Waals surface area contributed by atoms with Crippen molar-refractivity contribution in [1.82, 2.24) is 0 Å². The number of carbonyl (C=O) groups excluding carboxylic acids is 1. The molecule has 0 bridgehead atoms. The summed E-state index contributed by atoms with van der Waals surface area (Å²) in [6.45, 7) is 6.56. The Balaban J connectivity index is 1.42. The fourth-order valence-corrected chi connectivity index (χ4v) is 7.21. The van der Waals surface area contributed by atoms with Gasteiger partial charge in [-0.15, -0.1) is 0 Å². The van der Waals surface area contributed by atoms with Gasteiger partial charge in [0.2, 0.25) is 0 Å². The zero-order valence-corrected chi connectivity index (χ0v) is 23.2. The number of aryl methyl sites for hydroxylation is 2. The zero-order valence-electron chi connectivity index (χ0n) is 23.2. The standard InChI is InChI=1S/C35H34N2O3/c1-4-24-11-10-20-34(24,36-28-19-18-22(2)21-23(28)3)37-29-15-9-17-31-32(29)35(27-14-7-8-16-30(27)39-31)26-13-6-5-12-25(26)33(38)40-35/h5-9,12-19,21,24,36-37H,4,10-11,20H2,1-3H3. The number of nitrogens with one attached hydrogen (secondary N) is 2. The molecule has 4 aromatic rings. The van der Waals surface area contributed by atoms with Crippen LogP contribution in [0.4, 0.5) is 11.4 Å². The molecule has 40 heavy (non-hydrogen) atoms. The molecule has 202 valence electrons. The molecule has 1 fully saturated rings. The molecule has 1 aliphatic carbocycles. The van der Waals surface area contributed by atoms with E-state index in [0.717, 1.165) is 53.7 Å².